The summed E-state index contributed by atoms with van der Waals surface area (Å²) in [4.78, 5) is 0. The summed E-state index contributed by atoms with van der Waals surface area (Å²) in [5.41, 5.74) is 5.47. The number of ether oxygens (including phenoxy) is 1. The van der Waals surface area contributed by atoms with Crippen molar-refractivity contribution in [2.24, 2.45) is 5.73 Å². The van der Waals surface area contributed by atoms with Crippen LogP contribution in [0, 0.1) is 5.82 Å². The van der Waals surface area contributed by atoms with Crippen LogP contribution in [0.3, 0.4) is 0 Å². The number of hydrogen-bond acceptors (Lipinski definition) is 2. The first kappa shape index (κ1) is 11.8. The molecule has 0 aliphatic carbocycles. The van der Waals surface area contributed by atoms with Crippen molar-refractivity contribution in [3.05, 3.63) is 29.6 Å². The monoisotopic (exact) mass is 219 g/mol. The van der Waals surface area contributed by atoms with E-state index in [-0.39, 0.29) is 11.3 Å². The summed E-state index contributed by atoms with van der Waals surface area (Å²) in [5, 5.41) is 0. The lowest BCUT2D eigenvalue weighted by Gasteiger charge is -2.15. The fourth-order valence-corrected chi connectivity index (χ4v) is 1.36. The van der Waals surface area contributed by atoms with Gasteiger partial charge in [0.05, 0.1) is 7.11 Å². The zero-order valence-corrected chi connectivity index (χ0v) is 8.21. The van der Waals surface area contributed by atoms with Crippen LogP contribution in [-0.4, -0.2) is 13.5 Å². The Bertz CT molecular complexity index is 330. The highest BCUT2D eigenvalue weighted by atomic mass is 19.3. The van der Waals surface area contributed by atoms with Crippen LogP contribution in [0.1, 0.15) is 18.0 Å². The van der Waals surface area contributed by atoms with Gasteiger partial charge in [-0.2, -0.15) is 0 Å². The molecular formula is C10H12F3NO. The molecule has 84 valence electrons. The molecule has 1 atom stereocenters. The van der Waals surface area contributed by atoms with E-state index >= 15 is 0 Å². The third-order valence-corrected chi connectivity index (χ3v) is 2.04. The van der Waals surface area contributed by atoms with Gasteiger partial charge in [0.25, 0.3) is 0 Å². The smallest absolute Gasteiger partial charge is 0.240 e. The lowest BCUT2D eigenvalue weighted by Crippen LogP contribution is -2.16. The molecule has 0 fully saturated rings. The molecule has 0 bridgehead atoms. The molecule has 15 heavy (non-hydrogen) atoms. The molecule has 0 saturated heterocycles. The van der Waals surface area contributed by atoms with Crippen molar-refractivity contribution in [3.8, 4) is 5.75 Å². The third kappa shape index (κ3) is 2.86. The molecule has 0 aliphatic rings. The number of rotatable bonds is 4. The van der Waals surface area contributed by atoms with E-state index in [1.807, 2.05) is 0 Å². The van der Waals surface area contributed by atoms with Gasteiger partial charge in [0.1, 0.15) is 11.6 Å². The Kier molecular flexibility index (Phi) is 3.96. The Morgan fingerprint density at radius 1 is 1.40 bits per heavy atom. The Balaban J connectivity index is 3.00. The van der Waals surface area contributed by atoms with Gasteiger partial charge in [0, 0.05) is 18.0 Å². The van der Waals surface area contributed by atoms with E-state index in [0.29, 0.717) is 0 Å². The van der Waals surface area contributed by atoms with Crippen molar-refractivity contribution in [3.63, 3.8) is 0 Å². The van der Waals surface area contributed by atoms with Gasteiger partial charge in [-0.1, -0.05) is 6.07 Å². The summed E-state index contributed by atoms with van der Waals surface area (Å²) in [7, 11) is 1.34. The summed E-state index contributed by atoms with van der Waals surface area (Å²) in [5.74, 6) is -0.425. The minimum atomic E-state index is -2.57. The normalized spacial score (nSPS) is 12.9. The highest BCUT2D eigenvalue weighted by molar-refractivity contribution is 5.37. The Hall–Kier alpha value is -1.23. The lowest BCUT2D eigenvalue weighted by atomic mass is 10.0. The maximum Gasteiger partial charge on any atom is 0.240 e. The average molecular weight is 219 g/mol. The topological polar surface area (TPSA) is 35.2 Å². The molecule has 5 heteroatoms. The van der Waals surface area contributed by atoms with Crippen molar-refractivity contribution in [1.29, 1.82) is 0 Å². The largest absolute Gasteiger partial charge is 0.496 e. The predicted octanol–water partition coefficient (Wildman–Crippen LogP) is 2.49. The first-order valence-electron chi connectivity index (χ1n) is 4.42. The Labute approximate surface area is 85.8 Å². The van der Waals surface area contributed by atoms with Crippen molar-refractivity contribution < 1.29 is 17.9 Å². The standard InChI is InChI=1S/C10H12F3NO/c1-15-8-4-2-3-6(11)10(8)7(14)5-9(12)13/h2-4,7,9H,5,14H2,1H3/t7-/m1/s1. The van der Waals surface area contributed by atoms with Crippen LogP contribution in [0.2, 0.25) is 0 Å². The van der Waals surface area contributed by atoms with Gasteiger partial charge in [-0.15, -0.1) is 0 Å². The van der Waals surface area contributed by atoms with Crippen LogP contribution in [0.5, 0.6) is 5.75 Å². The zero-order valence-electron chi connectivity index (χ0n) is 8.21. The fourth-order valence-electron chi connectivity index (χ4n) is 1.36. The molecule has 2 nitrogen and oxygen atoms in total. The quantitative estimate of drug-likeness (QED) is 0.844. The van der Waals surface area contributed by atoms with Crippen LogP contribution in [-0.2, 0) is 0 Å². The maximum absolute atomic E-state index is 13.3. The Morgan fingerprint density at radius 3 is 2.60 bits per heavy atom. The number of halogens is 3. The van der Waals surface area contributed by atoms with E-state index in [9.17, 15) is 13.2 Å². The van der Waals surface area contributed by atoms with Crippen LogP contribution in [0.15, 0.2) is 18.2 Å². The van der Waals surface area contributed by atoms with Crippen LogP contribution in [0.25, 0.3) is 0 Å². The van der Waals surface area contributed by atoms with Crippen LogP contribution >= 0.6 is 0 Å². The van der Waals surface area contributed by atoms with Gasteiger partial charge >= 0.3 is 0 Å². The van der Waals surface area contributed by atoms with Gasteiger partial charge < -0.3 is 10.5 Å². The lowest BCUT2D eigenvalue weighted by molar-refractivity contribution is 0.127. The van der Waals surface area contributed by atoms with E-state index in [0.717, 1.165) is 0 Å². The molecule has 0 saturated carbocycles. The van der Waals surface area contributed by atoms with Crippen molar-refractivity contribution >= 4 is 0 Å². The highest BCUT2D eigenvalue weighted by Gasteiger charge is 2.20. The maximum atomic E-state index is 13.3. The molecule has 1 rings (SSSR count). The van der Waals surface area contributed by atoms with Gasteiger partial charge in [-0.05, 0) is 12.1 Å². The second kappa shape index (κ2) is 5.02. The van der Waals surface area contributed by atoms with Crippen LogP contribution in [0.4, 0.5) is 13.2 Å². The number of alkyl halides is 2. The molecule has 2 N–H and O–H groups in total. The van der Waals surface area contributed by atoms with Gasteiger partial charge in [0.2, 0.25) is 6.43 Å². The molecule has 0 radical (unpaired) electrons. The number of hydrogen-bond donors (Lipinski definition) is 1. The molecule has 1 aromatic rings. The number of methoxy groups -OCH3 is 1. The summed E-state index contributed by atoms with van der Waals surface area (Å²) in [6.45, 7) is 0. The van der Waals surface area contributed by atoms with Crippen molar-refractivity contribution in [2.45, 2.75) is 18.9 Å². The average Bonchev–Trinajstić information content (AvgIpc) is 2.15. The van der Waals surface area contributed by atoms with E-state index < -0.39 is 24.7 Å². The van der Waals surface area contributed by atoms with Gasteiger partial charge in [-0.3, -0.25) is 0 Å². The molecule has 0 unspecified atom stereocenters. The minimum Gasteiger partial charge on any atom is -0.496 e. The van der Waals surface area contributed by atoms with E-state index in [1.165, 1.54) is 25.3 Å². The fraction of sp³-hybridized carbons (Fsp3) is 0.400. The zero-order chi connectivity index (χ0) is 11.4. The highest BCUT2D eigenvalue weighted by Crippen LogP contribution is 2.29. The molecule has 0 aromatic heterocycles. The SMILES string of the molecule is COc1cccc(F)c1[C@H](N)CC(F)F. The first-order chi connectivity index (χ1) is 7.06. The van der Waals surface area contributed by atoms with E-state index in [1.54, 1.807) is 0 Å². The van der Waals surface area contributed by atoms with Crippen LogP contribution < -0.4 is 10.5 Å². The van der Waals surface area contributed by atoms with Gasteiger partial charge in [-0.25, -0.2) is 13.2 Å². The van der Waals surface area contributed by atoms with E-state index in [4.69, 9.17) is 10.5 Å². The first-order valence-corrected chi connectivity index (χ1v) is 4.42. The molecule has 1 aromatic carbocycles. The summed E-state index contributed by atoms with van der Waals surface area (Å²) in [6.07, 6.45) is -3.15. The molecule has 0 spiro atoms. The number of nitrogens with two attached hydrogens (primary N) is 1. The molecule has 0 amide bonds. The summed E-state index contributed by atoms with van der Waals surface area (Å²) in [6, 6.07) is 3.04. The minimum absolute atomic E-state index is 0.000278. The molecule has 0 heterocycles. The molecule has 0 aliphatic heterocycles. The van der Waals surface area contributed by atoms with E-state index in [2.05, 4.69) is 0 Å². The summed E-state index contributed by atoms with van der Waals surface area (Å²) < 4.78 is 42.4. The Morgan fingerprint density at radius 2 is 2.07 bits per heavy atom. The second-order valence-corrected chi connectivity index (χ2v) is 3.09. The third-order valence-electron chi connectivity index (χ3n) is 2.04. The molecular weight excluding hydrogens is 207 g/mol. The summed E-state index contributed by atoms with van der Waals surface area (Å²) >= 11 is 0. The predicted molar refractivity (Wildman–Crippen MR) is 50.5 cm³/mol. The van der Waals surface area contributed by atoms with Crippen molar-refractivity contribution in [2.75, 3.05) is 7.11 Å². The second-order valence-electron chi connectivity index (χ2n) is 3.09. The van der Waals surface area contributed by atoms with Gasteiger partial charge in [0.15, 0.2) is 0 Å². The number of benzene rings is 1. The van der Waals surface area contributed by atoms with Crippen molar-refractivity contribution in [1.82, 2.24) is 0 Å².